The van der Waals surface area contributed by atoms with Crippen molar-refractivity contribution >= 4 is 27.7 Å². The van der Waals surface area contributed by atoms with E-state index in [-0.39, 0.29) is 18.0 Å². The molecule has 0 saturated carbocycles. The maximum atomic E-state index is 13.4. The highest BCUT2D eigenvalue weighted by atomic mass is 79.9. The predicted octanol–water partition coefficient (Wildman–Crippen LogP) is 1.34. The molecule has 0 atom stereocenters. The molecule has 19 heavy (non-hydrogen) atoms. The number of aromatic nitrogens is 1. The van der Waals surface area contributed by atoms with Crippen LogP contribution < -0.4 is 5.32 Å². The number of carbonyl (C=O) groups is 2. The fourth-order valence-corrected chi connectivity index (χ4v) is 2.25. The van der Waals surface area contributed by atoms with Crippen molar-refractivity contribution in [1.29, 1.82) is 0 Å². The molecule has 0 radical (unpaired) electrons. The van der Waals surface area contributed by atoms with Crippen LogP contribution in [0.2, 0.25) is 0 Å². The Morgan fingerprint density at radius 1 is 1.42 bits per heavy atom. The molecular formula is C12H13BrFN3O2. The first kappa shape index (κ1) is 13.9. The molecule has 1 saturated heterocycles. The molecule has 2 amide bonds. The summed E-state index contributed by atoms with van der Waals surface area (Å²) in [6.07, 6.45) is 2.94. The minimum absolute atomic E-state index is 0.113. The van der Waals surface area contributed by atoms with Gasteiger partial charge in [0, 0.05) is 13.1 Å². The maximum absolute atomic E-state index is 13.4. The van der Waals surface area contributed by atoms with E-state index in [1.165, 1.54) is 6.07 Å². The predicted molar refractivity (Wildman–Crippen MR) is 70.0 cm³/mol. The lowest BCUT2D eigenvalue weighted by molar-refractivity contribution is -0.129. The van der Waals surface area contributed by atoms with Crippen molar-refractivity contribution in [2.75, 3.05) is 19.6 Å². The zero-order chi connectivity index (χ0) is 13.8. The van der Waals surface area contributed by atoms with Gasteiger partial charge < -0.3 is 10.2 Å². The van der Waals surface area contributed by atoms with Gasteiger partial charge in [0.1, 0.15) is 4.60 Å². The van der Waals surface area contributed by atoms with Gasteiger partial charge in [-0.25, -0.2) is 9.37 Å². The van der Waals surface area contributed by atoms with Gasteiger partial charge in [0.05, 0.1) is 18.3 Å². The average molecular weight is 330 g/mol. The first-order valence-electron chi connectivity index (χ1n) is 5.95. The summed E-state index contributed by atoms with van der Waals surface area (Å²) in [4.78, 5) is 28.9. The highest BCUT2D eigenvalue weighted by Crippen LogP contribution is 2.12. The Labute approximate surface area is 118 Å². The fraction of sp³-hybridized carbons (Fsp3) is 0.417. The molecule has 0 spiro atoms. The Hall–Kier alpha value is -1.50. The number of nitrogens with zero attached hydrogens (tertiary/aromatic N) is 2. The summed E-state index contributed by atoms with van der Waals surface area (Å²) >= 11 is 3.07. The largest absolute Gasteiger partial charge is 0.343 e. The lowest BCUT2D eigenvalue weighted by atomic mass is 10.2. The third kappa shape index (κ3) is 3.50. The van der Waals surface area contributed by atoms with Crippen molar-refractivity contribution in [1.82, 2.24) is 15.2 Å². The molecule has 0 aliphatic carbocycles. The molecule has 5 nitrogen and oxygen atoms in total. The minimum Gasteiger partial charge on any atom is -0.343 e. The maximum Gasteiger partial charge on any atom is 0.254 e. The number of carbonyl (C=O) groups excluding carboxylic acids is 2. The highest BCUT2D eigenvalue weighted by Gasteiger charge is 2.19. The summed E-state index contributed by atoms with van der Waals surface area (Å²) in [5, 5.41) is 2.42. The smallest absolute Gasteiger partial charge is 0.254 e. The van der Waals surface area contributed by atoms with E-state index in [1.54, 1.807) is 4.90 Å². The molecule has 1 aliphatic rings. The summed E-state index contributed by atoms with van der Waals surface area (Å²) in [5.74, 6) is -1.47. The standard InChI is InChI=1S/C12H13BrFN3O2/c13-10-5-8(9(14)6-15-10)12(19)16-7-11(18)17-3-1-2-4-17/h5-6H,1-4,7H2,(H,16,19). The number of likely N-dealkylation sites (tertiary alicyclic amines) is 1. The molecule has 1 aromatic heterocycles. The van der Waals surface area contributed by atoms with Crippen LogP contribution in [0.1, 0.15) is 23.2 Å². The van der Waals surface area contributed by atoms with Gasteiger partial charge in [0.2, 0.25) is 5.91 Å². The summed E-state index contributed by atoms with van der Waals surface area (Å²) < 4.78 is 13.8. The van der Waals surface area contributed by atoms with E-state index in [2.05, 4.69) is 26.2 Å². The molecule has 0 aromatic carbocycles. The lowest BCUT2D eigenvalue weighted by Gasteiger charge is -2.15. The molecule has 0 unspecified atom stereocenters. The van der Waals surface area contributed by atoms with Crippen LogP contribution in [0.3, 0.4) is 0 Å². The first-order chi connectivity index (χ1) is 9.08. The van der Waals surface area contributed by atoms with Crippen molar-refractivity contribution in [3.05, 3.63) is 28.2 Å². The Morgan fingerprint density at radius 2 is 2.11 bits per heavy atom. The summed E-state index contributed by atoms with van der Waals surface area (Å²) in [6, 6.07) is 1.28. The van der Waals surface area contributed by atoms with Crippen molar-refractivity contribution < 1.29 is 14.0 Å². The van der Waals surface area contributed by atoms with Gasteiger partial charge in [0.25, 0.3) is 5.91 Å². The van der Waals surface area contributed by atoms with E-state index in [0.717, 1.165) is 32.1 Å². The van der Waals surface area contributed by atoms with Crippen molar-refractivity contribution in [3.8, 4) is 0 Å². The average Bonchev–Trinajstić information content (AvgIpc) is 2.92. The summed E-state index contributed by atoms with van der Waals surface area (Å²) in [5.41, 5.74) is -0.129. The molecule has 7 heteroatoms. The molecule has 1 fully saturated rings. The number of halogens is 2. The molecule has 2 heterocycles. The van der Waals surface area contributed by atoms with Crippen molar-refractivity contribution in [3.63, 3.8) is 0 Å². The Balaban J connectivity index is 1.93. The van der Waals surface area contributed by atoms with Gasteiger partial charge in [-0.3, -0.25) is 9.59 Å². The quantitative estimate of drug-likeness (QED) is 0.851. The fourth-order valence-electron chi connectivity index (χ4n) is 1.92. The molecule has 102 valence electrons. The van der Waals surface area contributed by atoms with E-state index in [0.29, 0.717) is 4.60 Å². The van der Waals surface area contributed by atoms with Gasteiger partial charge >= 0.3 is 0 Å². The molecule has 1 N–H and O–H groups in total. The molecule has 1 aromatic rings. The molecular weight excluding hydrogens is 317 g/mol. The highest BCUT2D eigenvalue weighted by molar-refractivity contribution is 9.10. The van der Waals surface area contributed by atoms with Gasteiger partial charge in [-0.1, -0.05) is 0 Å². The van der Waals surface area contributed by atoms with Crippen molar-refractivity contribution in [2.45, 2.75) is 12.8 Å². The van der Waals surface area contributed by atoms with Crippen LogP contribution in [0, 0.1) is 5.82 Å². The summed E-state index contributed by atoms with van der Waals surface area (Å²) in [6.45, 7) is 1.34. The van der Waals surface area contributed by atoms with Crippen LogP contribution in [0.25, 0.3) is 0 Å². The molecule has 0 bridgehead atoms. The van der Waals surface area contributed by atoms with Crippen LogP contribution in [0.5, 0.6) is 0 Å². The van der Waals surface area contributed by atoms with Crippen LogP contribution in [0.4, 0.5) is 4.39 Å². The van der Waals surface area contributed by atoms with E-state index in [9.17, 15) is 14.0 Å². The van der Waals surface area contributed by atoms with E-state index < -0.39 is 11.7 Å². The van der Waals surface area contributed by atoms with Gasteiger partial charge in [-0.05, 0) is 34.8 Å². The summed E-state index contributed by atoms with van der Waals surface area (Å²) in [7, 11) is 0. The van der Waals surface area contributed by atoms with Gasteiger partial charge in [-0.15, -0.1) is 0 Å². The van der Waals surface area contributed by atoms with Crippen LogP contribution in [-0.2, 0) is 4.79 Å². The van der Waals surface area contributed by atoms with Crippen LogP contribution >= 0.6 is 15.9 Å². The zero-order valence-corrected chi connectivity index (χ0v) is 11.7. The second kappa shape index (κ2) is 6.10. The number of hydrogen-bond donors (Lipinski definition) is 1. The number of hydrogen-bond acceptors (Lipinski definition) is 3. The second-order valence-corrected chi connectivity index (χ2v) is 5.07. The Kier molecular flexibility index (Phi) is 4.47. The van der Waals surface area contributed by atoms with Gasteiger partial charge in [-0.2, -0.15) is 0 Å². The number of nitrogens with one attached hydrogen (secondary N) is 1. The SMILES string of the molecule is O=C(NCC(=O)N1CCCC1)c1cc(Br)ncc1F. The topological polar surface area (TPSA) is 62.3 Å². The number of rotatable bonds is 3. The second-order valence-electron chi connectivity index (χ2n) is 4.26. The van der Waals surface area contributed by atoms with Crippen LogP contribution in [-0.4, -0.2) is 41.3 Å². The monoisotopic (exact) mass is 329 g/mol. The normalized spacial score (nSPS) is 14.5. The Morgan fingerprint density at radius 3 is 2.79 bits per heavy atom. The first-order valence-corrected chi connectivity index (χ1v) is 6.74. The Bertz CT molecular complexity index is 504. The number of pyridine rings is 1. The third-order valence-electron chi connectivity index (χ3n) is 2.93. The van der Waals surface area contributed by atoms with Crippen LogP contribution in [0.15, 0.2) is 16.9 Å². The lowest BCUT2D eigenvalue weighted by Crippen LogP contribution is -2.38. The van der Waals surface area contributed by atoms with Crippen molar-refractivity contribution in [2.24, 2.45) is 0 Å². The number of amides is 2. The zero-order valence-electron chi connectivity index (χ0n) is 10.2. The van der Waals surface area contributed by atoms with Gasteiger partial charge in [0.15, 0.2) is 5.82 Å². The van der Waals surface area contributed by atoms with E-state index in [1.807, 2.05) is 0 Å². The van der Waals surface area contributed by atoms with E-state index >= 15 is 0 Å². The third-order valence-corrected chi connectivity index (χ3v) is 3.36. The molecule has 2 rings (SSSR count). The molecule has 1 aliphatic heterocycles. The van der Waals surface area contributed by atoms with E-state index in [4.69, 9.17) is 0 Å². The minimum atomic E-state index is -0.714.